The lowest BCUT2D eigenvalue weighted by Crippen LogP contribution is -2.50. The highest BCUT2D eigenvalue weighted by molar-refractivity contribution is 9.10. The van der Waals surface area contributed by atoms with E-state index in [0.717, 1.165) is 14.7 Å². The summed E-state index contributed by atoms with van der Waals surface area (Å²) in [5.41, 5.74) is 1.18. The number of amides is 2. The molecule has 0 bridgehead atoms. The van der Waals surface area contributed by atoms with Gasteiger partial charge < -0.3 is 14.5 Å². The molecule has 1 aliphatic heterocycles. The van der Waals surface area contributed by atoms with Gasteiger partial charge >= 0.3 is 6.09 Å². The molecule has 2 amide bonds. The molecule has 10 nitrogen and oxygen atoms in total. The quantitative estimate of drug-likeness (QED) is 0.377. The van der Waals surface area contributed by atoms with Crippen molar-refractivity contribution in [3.63, 3.8) is 0 Å². The Kier molecular flexibility index (Phi) is 9.04. The second-order valence-corrected chi connectivity index (χ2v) is 12.8. The zero-order valence-corrected chi connectivity index (χ0v) is 24.7. The molecule has 1 fully saturated rings. The van der Waals surface area contributed by atoms with Crippen molar-refractivity contribution >= 4 is 64.6 Å². The van der Waals surface area contributed by atoms with Gasteiger partial charge in [-0.1, -0.05) is 27.3 Å². The number of hydrogen-bond acceptors (Lipinski definition) is 8. The van der Waals surface area contributed by atoms with Crippen LogP contribution in [0, 0.1) is 0 Å². The van der Waals surface area contributed by atoms with Crippen LogP contribution in [-0.2, 0) is 14.8 Å². The Bertz CT molecular complexity index is 1400. The van der Waals surface area contributed by atoms with Crippen LogP contribution in [0.5, 0.6) is 0 Å². The largest absolute Gasteiger partial charge is 0.450 e. The molecule has 0 spiro atoms. The molecule has 1 saturated heterocycles. The van der Waals surface area contributed by atoms with E-state index < -0.39 is 16.1 Å². The lowest BCUT2D eigenvalue weighted by atomic mass is 10.2. The van der Waals surface area contributed by atoms with Crippen LogP contribution in [0.3, 0.4) is 0 Å². The molecule has 2 heterocycles. The van der Waals surface area contributed by atoms with Crippen molar-refractivity contribution < 1.29 is 22.7 Å². The van der Waals surface area contributed by atoms with Crippen molar-refractivity contribution in [2.24, 2.45) is 0 Å². The molecule has 0 aliphatic carbocycles. The molecular formula is C25H30BrN5O5S2. The summed E-state index contributed by atoms with van der Waals surface area (Å²) in [4.78, 5) is 35.4. The van der Waals surface area contributed by atoms with Gasteiger partial charge in [-0.05, 0) is 63.5 Å². The molecule has 2 aromatic carbocycles. The number of nitrogens with zero attached hydrogens (tertiary/aromatic N) is 5. The van der Waals surface area contributed by atoms with Gasteiger partial charge in [-0.2, -0.15) is 4.31 Å². The standard InChI is InChI=1S/C25H30BrN5O5S2/c1-4-36-25(33)29-12-14-30(15-13-29)38(34,35)20-8-5-18(6-9-20)23(32)31(16-11-28(2)3)24-27-21-10-7-19(26)17-22(21)37-24/h5-10,17H,4,11-16H2,1-3H3. The third-order valence-electron chi connectivity index (χ3n) is 6.09. The molecule has 4 rings (SSSR count). The van der Waals surface area contributed by atoms with Gasteiger partial charge in [0.1, 0.15) is 0 Å². The second-order valence-electron chi connectivity index (χ2n) is 8.98. The molecule has 0 unspecified atom stereocenters. The van der Waals surface area contributed by atoms with Gasteiger partial charge in [-0.25, -0.2) is 18.2 Å². The maximum absolute atomic E-state index is 13.6. The number of piperazine rings is 1. The molecule has 0 saturated carbocycles. The number of thiazole rings is 1. The van der Waals surface area contributed by atoms with Crippen molar-refractivity contribution in [2.75, 3.05) is 64.9 Å². The fourth-order valence-electron chi connectivity index (χ4n) is 3.99. The Morgan fingerprint density at radius 3 is 2.37 bits per heavy atom. The number of halogens is 1. The van der Waals surface area contributed by atoms with Gasteiger partial charge in [0.2, 0.25) is 10.0 Å². The first kappa shape index (κ1) is 28.4. The van der Waals surface area contributed by atoms with E-state index in [4.69, 9.17) is 4.74 Å². The molecular weight excluding hydrogens is 594 g/mol. The van der Waals surface area contributed by atoms with Crippen LogP contribution in [0.2, 0.25) is 0 Å². The molecule has 38 heavy (non-hydrogen) atoms. The van der Waals surface area contributed by atoms with Gasteiger partial charge in [0, 0.05) is 49.3 Å². The highest BCUT2D eigenvalue weighted by atomic mass is 79.9. The highest BCUT2D eigenvalue weighted by Gasteiger charge is 2.31. The topological polar surface area (TPSA) is 103 Å². The number of fused-ring (bicyclic) bond motifs is 1. The van der Waals surface area contributed by atoms with Crippen molar-refractivity contribution in [2.45, 2.75) is 11.8 Å². The van der Waals surface area contributed by atoms with Gasteiger partial charge in [0.05, 0.1) is 21.7 Å². The first-order chi connectivity index (χ1) is 18.1. The van der Waals surface area contributed by atoms with Crippen LogP contribution in [0.1, 0.15) is 17.3 Å². The summed E-state index contributed by atoms with van der Waals surface area (Å²) in [6.07, 6.45) is -0.438. The van der Waals surface area contributed by atoms with Crippen molar-refractivity contribution in [3.8, 4) is 0 Å². The molecule has 1 aromatic heterocycles. The van der Waals surface area contributed by atoms with Crippen LogP contribution in [-0.4, -0.2) is 99.5 Å². The van der Waals surface area contributed by atoms with Gasteiger partial charge in [0.25, 0.3) is 5.91 Å². The molecule has 0 radical (unpaired) electrons. The molecule has 13 heteroatoms. The monoisotopic (exact) mass is 623 g/mol. The average Bonchev–Trinajstić information content (AvgIpc) is 3.31. The lowest BCUT2D eigenvalue weighted by Gasteiger charge is -2.33. The number of sulfonamides is 1. The number of rotatable bonds is 8. The minimum atomic E-state index is -3.77. The van der Waals surface area contributed by atoms with Crippen LogP contribution in [0.4, 0.5) is 9.93 Å². The SMILES string of the molecule is CCOC(=O)N1CCN(S(=O)(=O)c2ccc(C(=O)N(CCN(C)C)c3nc4ccc(Br)cc4s3)cc2)CC1. The Morgan fingerprint density at radius 1 is 1.05 bits per heavy atom. The van der Waals surface area contributed by atoms with Crippen molar-refractivity contribution in [1.29, 1.82) is 0 Å². The molecule has 0 N–H and O–H groups in total. The number of aromatic nitrogens is 1. The predicted octanol–water partition coefficient (Wildman–Crippen LogP) is 3.73. The van der Waals surface area contributed by atoms with E-state index in [1.165, 1.54) is 44.8 Å². The van der Waals surface area contributed by atoms with Crippen LogP contribution in [0.15, 0.2) is 51.8 Å². The van der Waals surface area contributed by atoms with E-state index >= 15 is 0 Å². The summed E-state index contributed by atoms with van der Waals surface area (Å²) >= 11 is 4.91. The predicted molar refractivity (Wildman–Crippen MR) is 151 cm³/mol. The Hall–Kier alpha value is -2.58. The van der Waals surface area contributed by atoms with Crippen LogP contribution < -0.4 is 4.90 Å². The first-order valence-electron chi connectivity index (χ1n) is 12.1. The van der Waals surface area contributed by atoms with E-state index in [1.54, 1.807) is 11.8 Å². The summed E-state index contributed by atoms with van der Waals surface area (Å²) in [7, 11) is 0.0967. The first-order valence-corrected chi connectivity index (χ1v) is 15.2. The van der Waals surface area contributed by atoms with E-state index in [-0.39, 0.29) is 43.6 Å². The maximum atomic E-state index is 13.6. The maximum Gasteiger partial charge on any atom is 0.409 e. The minimum Gasteiger partial charge on any atom is -0.450 e. The second kappa shape index (κ2) is 12.1. The number of ether oxygens (including phenoxy) is 1. The minimum absolute atomic E-state index is 0.100. The van der Waals surface area contributed by atoms with E-state index in [2.05, 4.69) is 20.9 Å². The summed E-state index contributed by atoms with van der Waals surface area (Å²) in [6, 6.07) is 11.8. The molecule has 3 aromatic rings. The number of hydrogen-bond donors (Lipinski definition) is 0. The van der Waals surface area contributed by atoms with E-state index in [1.807, 2.05) is 37.2 Å². The van der Waals surface area contributed by atoms with Gasteiger partial charge in [-0.3, -0.25) is 9.69 Å². The number of anilines is 1. The van der Waals surface area contributed by atoms with Gasteiger partial charge in [-0.15, -0.1) is 0 Å². The fourth-order valence-corrected chi connectivity index (χ4v) is 6.95. The zero-order valence-electron chi connectivity index (χ0n) is 21.5. The molecule has 204 valence electrons. The average molecular weight is 625 g/mol. The number of carbonyl (C=O) groups is 2. The van der Waals surface area contributed by atoms with Crippen molar-refractivity contribution in [1.82, 2.24) is 19.1 Å². The number of benzene rings is 2. The Labute approximate surface area is 235 Å². The van der Waals surface area contributed by atoms with Crippen LogP contribution in [0.25, 0.3) is 10.2 Å². The fraction of sp³-hybridized carbons (Fsp3) is 0.400. The lowest BCUT2D eigenvalue weighted by molar-refractivity contribution is 0.0933. The number of likely N-dealkylation sites (N-methyl/N-ethyl adjacent to an activating group) is 1. The van der Waals surface area contributed by atoms with E-state index in [0.29, 0.717) is 23.8 Å². The third-order valence-corrected chi connectivity index (χ3v) is 9.54. The third kappa shape index (κ3) is 6.34. The van der Waals surface area contributed by atoms with Crippen molar-refractivity contribution in [3.05, 3.63) is 52.5 Å². The summed E-state index contributed by atoms with van der Waals surface area (Å²) in [5, 5.41) is 0.584. The summed E-state index contributed by atoms with van der Waals surface area (Å²) in [5.74, 6) is -0.253. The Morgan fingerprint density at radius 2 is 1.74 bits per heavy atom. The van der Waals surface area contributed by atoms with Gasteiger partial charge in [0.15, 0.2) is 5.13 Å². The molecule has 1 aliphatic rings. The van der Waals surface area contributed by atoms with E-state index in [9.17, 15) is 18.0 Å². The summed E-state index contributed by atoms with van der Waals surface area (Å²) in [6.45, 7) is 3.93. The number of carbonyl (C=O) groups excluding carboxylic acids is 2. The highest BCUT2D eigenvalue weighted by Crippen LogP contribution is 2.32. The van der Waals surface area contributed by atoms with Crippen LogP contribution >= 0.6 is 27.3 Å². The zero-order chi connectivity index (χ0) is 27.4. The Balaban J connectivity index is 1.52. The molecule has 0 atom stereocenters. The summed E-state index contributed by atoms with van der Waals surface area (Å²) < 4.78 is 34.7. The smallest absolute Gasteiger partial charge is 0.409 e. The normalized spacial score (nSPS) is 14.7.